The van der Waals surface area contributed by atoms with Crippen LogP contribution in [-0.2, 0) is 0 Å². The van der Waals surface area contributed by atoms with Gasteiger partial charge in [0.1, 0.15) is 0 Å². The summed E-state index contributed by atoms with van der Waals surface area (Å²) in [7, 11) is 2.01. The number of nitrogens with zero attached hydrogens (tertiary/aromatic N) is 1. The first-order chi connectivity index (χ1) is 8.99. The van der Waals surface area contributed by atoms with Crippen molar-refractivity contribution in [3.63, 3.8) is 0 Å². The van der Waals surface area contributed by atoms with E-state index < -0.39 is 0 Å². The van der Waals surface area contributed by atoms with Crippen LogP contribution in [0.5, 0.6) is 0 Å². The zero-order chi connectivity index (χ0) is 14.0. The SMILES string of the molecule is Cc1ccc(N(C)c2ccc([C@H](C)N)cc2Cl)cc1. The standard InChI is InChI=1S/C16H19ClN2/c1-11-4-7-14(8-5-11)19(3)16-9-6-13(12(2)18)10-15(16)17/h4-10,12H,18H2,1-3H3/t12-/m0/s1. The summed E-state index contributed by atoms with van der Waals surface area (Å²) in [5, 5.41) is 0.720. The van der Waals surface area contributed by atoms with E-state index in [0.29, 0.717) is 0 Å². The summed E-state index contributed by atoms with van der Waals surface area (Å²) in [6.07, 6.45) is 0. The van der Waals surface area contributed by atoms with Gasteiger partial charge in [-0.15, -0.1) is 0 Å². The smallest absolute Gasteiger partial charge is 0.0646 e. The molecular formula is C16H19ClN2. The number of benzene rings is 2. The Labute approximate surface area is 119 Å². The first-order valence-corrected chi connectivity index (χ1v) is 6.72. The molecule has 0 unspecified atom stereocenters. The molecule has 0 heterocycles. The van der Waals surface area contributed by atoms with Crippen molar-refractivity contribution in [2.75, 3.05) is 11.9 Å². The summed E-state index contributed by atoms with van der Waals surface area (Å²) in [6, 6.07) is 14.3. The Kier molecular flexibility index (Phi) is 4.13. The Bertz CT molecular complexity index is 561. The molecule has 1 atom stereocenters. The second-order valence-corrected chi connectivity index (χ2v) is 5.30. The van der Waals surface area contributed by atoms with Gasteiger partial charge in [0, 0.05) is 18.8 Å². The Balaban J connectivity index is 2.33. The van der Waals surface area contributed by atoms with Crippen molar-refractivity contribution < 1.29 is 0 Å². The minimum atomic E-state index is -0.00349. The molecule has 2 aromatic carbocycles. The van der Waals surface area contributed by atoms with Gasteiger partial charge in [0.05, 0.1) is 10.7 Å². The van der Waals surface area contributed by atoms with Gasteiger partial charge < -0.3 is 10.6 Å². The Morgan fingerprint density at radius 2 is 1.74 bits per heavy atom. The molecule has 0 aromatic heterocycles. The van der Waals surface area contributed by atoms with Crippen LogP contribution in [0, 0.1) is 6.92 Å². The predicted molar refractivity (Wildman–Crippen MR) is 83.3 cm³/mol. The molecule has 19 heavy (non-hydrogen) atoms. The zero-order valence-electron chi connectivity index (χ0n) is 11.5. The molecule has 0 saturated carbocycles. The normalized spacial score (nSPS) is 12.3. The average Bonchev–Trinajstić information content (AvgIpc) is 2.38. The van der Waals surface area contributed by atoms with Gasteiger partial charge in [-0.2, -0.15) is 0 Å². The maximum absolute atomic E-state index is 6.35. The second-order valence-electron chi connectivity index (χ2n) is 4.89. The third-order valence-corrected chi connectivity index (χ3v) is 3.58. The van der Waals surface area contributed by atoms with E-state index in [4.69, 9.17) is 17.3 Å². The maximum Gasteiger partial charge on any atom is 0.0646 e. The average molecular weight is 275 g/mol. The molecule has 2 nitrogen and oxygen atoms in total. The number of rotatable bonds is 3. The number of nitrogens with two attached hydrogens (primary N) is 1. The Hall–Kier alpha value is -1.51. The number of aryl methyl sites for hydroxylation is 1. The van der Waals surface area contributed by atoms with Crippen molar-refractivity contribution in [2.24, 2.45) is 5.73 Å². The molecule has 0 aliphatic rings. The minimum absolute atomic E-state index is 0.00349. The van der Waals surface area contributed by atoms with Crippen molar-refractivity contribution >= 4 is 23.0 Å². The number of hydrogen-bond acceptors (Lipinski definition) is 2. The first kappa shape index (κ1) is 13.9. The fourth-order valence-corrected chi connectivity index (χ4v) is 2.30. The highest BCUT2D eigenvalue weighted by atomic mass is 35.5. The lowest BCUT2D eigenvalue weighted by Crippen LogP contribution is -2.11. The Morgan fingerprint density at radius 3 is 2.26 bits per heavy atom. The van der Waals surface area contributed by atoms with Gasteiger partial charge >= 0.3 is 0 Å². The molecule has 0 aliphatic carbocycles. The van der Waals surface area contributed by atoms with E-state index in [-0.39, 0.29) is 6.04 Å². The molecule has 0 amide bonds. The lowest BCUT2D eigenvalue weighted by atomic mass is 10.1. The van der Waals surface area contributed by atoms with E-state index in [0.717, 1.165) is 22.0 Å². The molecular weight excluding hydrogens is 256 g/mol. The van der Waals surface area contributed by atoms with E-state index in [1.54, 1.807) is 0 Å². The second kappa shape index (κ2) is 5.64. The molecule has 0 spiro atoms. The van der Waals surface area contributed by atoms with Gasteiger partial charge in [-0.05, 0) is 43.7 Å². The molecule has 2 N–H and O–H groups in total. The summed E-state index contributed by atoms with van der Waals surface area (Å²) >= 11 is 6.35. The predicted octanol–water partition coefficient (Wildman–Crippen LogP) is 4.44. The maximum atomic E-state index is 6.35. The molecule has 0 radical (unpaired) electrons. The van der Waals surface area contributed by atoms with Crippen LogP contribution in [-0.4, -0.2) is 7.05 Å². The van der Waals surface area contributed by atoms with E-state index in [2.05, 4.69) is 36.1 Å². The van der Waals surface area contributed by atoms with Gasteiger partial charge in [0.15, 0.2) is 0 Å². The summed E-state index contributed by atoms with van der Waals surface area (Å²) < 4.78 is 0. The highest BCUT2D eigenvalue weighted by Crippen LogP contribution is 2.32. The quantitative estimate of drug-likeness (QED) is 0.897. The van der Waals surface area contributed by atoms with E-state index in [9.17, 15) is 0 Å². The molecule has 0 fully saturated rings. The zero-order valence-corrected chi connectivity index (χ0v) is 12.3. The highest BCUT2D eigenvalue weighted by Gasteiger charge is 2.10. The van der Waals surface area contributed by atoms with Crippen LogP contribution < -0.4 is 10.6 Å². The van der Waals surface area contributed by atoms with Crippen LogP contribution in [0.4, 0.5) is 11.4 Å². The molecule has 2 aromatic rings. The lowest BCUT2D eigenvalue weighted by Gasteiger charge is -2.22. The molecule has 3 heteroatoms. The topological polar surface area (TPSA) is 29.3 Å². The molecule has 0 saturated heterocycles. The van der Waals surface area contributed by atoms with E-state index >= 15 is 0 Å². The molecule has 100 valence electrons. The van der Waals surface area contributed by atoms with E-state index in [1.165, 1.54) is 5.56 Å². The first-order valence-electron chi connectivity index (χ1n) is 6.34. The third kappa shape index (κ3) is 3.09. The van der Waals surface area contributed by atoms with Crippen LogP contribution >= 0.6 is 11.6 Å². The molecule has 0 bridgehead atoms. The van der Waals surface area contributed by atoms with Crippen LogP contribution in [0.15, 0.2) is 42.5 Å². The van der Waals surface area contributed by atoms with Crippen molar-refractivity contribution in [1.29, 1.82) is 0 Å². The number of hydrogen-bond donors (Lipinski definition) is 1. The van der Waals surface area contributed by atoms with Crippen LogP contribution in [0.1, 0.15) is 24.1 Å². The number of halogens is 1. The van der Waals surface area contributed by atoms with Crippen molar-refractivity contribution in [2.45, 2.75) is 19.9 Å². The largest absolute Gasteiger partial charge is 0.343 e. The van der Waals surface area contributed by atoms with Crippen molar-refractivity contribution in [3.8, 4) is 0 Å². The summed E-state index contributed by atoms with van der Waals surface area (Å²) in [5.41, 5.74) is 10.3. The van der Waals surface area contributed by atoms with Gasteiger partial charge in [0.2, 0.25) is 0 Å². The summed E-state index contributed by atoms with van der Waals surface area (Å²) in [6.45, 7) is 4.03. The molecule has 2 rings (SSSR count). The van der Waals surface area contributed by atoms with Gasteiger partial charge in [-0.25, -0.2) is 0 Å². The molecule has 0 aliphatic heterocycles. The van der Waals surface area contributed by atoms with E-state index in [1.807, 2.05) is 32.2 Å². The fourth-order valence-electron chi connectivity index (χ4n) is 1.99. The number of anilines is 2. The van der Waals surface area contributed by atoms with Crippen molar-refractivity contribution in [3.05, 3.63) is 58.6 Å². The fraction of sp³-hybridized carbons (Fsp3) is 0.250. The lowest BCUT2D eigenvalue weighted by molar-refractivity contribution is 0.818. The van der Waals surface area contributed by atoms with Crippen LogP contribution in [0.2, 0.25) is 5.02 Å². The third-order valence-electron chi connectivity index (χ3n) is 3.28. The van der Waals surface area contributed by atoms with Crippen molar-refractivity contribution in [1.82, 2.24) is 0 Å². The minimum Gasteiger partial charge on any atom is -0.343 e. The van der Waals surface area contributed by atoms with Crippen LogP contribution in [0.3, 0.4) is 0 Å². The van der Waals surface area contributed by atoms with Gasteiger partial charge in [-0.3, -0.25) is 0 Å². The highest BCUT2D eigenvalue weighted by molar-refractivity contribution is 6.33. The Morgan fingerprint density at radius 1 is 1.11 bits per heavy atom. The van der Waals surface area contributed by atoms with Crippen LogP contribution in [0.25, 0.3) is 0 Å². The van der Waals surface area contributed by atoms with Gasteiger partial charge in [-0.1, -0.05) is 35.4 Å². The monoisotopic (exact) mass is 274 g/mol. The summed E-state index contributed by atoms with van der Waals surface area (Å²) in [4.78, 5) is 2.08. The summed E-state index contributed by atoms with van der Waals surface area (Å²) in [5.74, 6) is 0. The van der Waals surface area contributed by atoms with Gasteiger partial charge in [0.25, 0.3) is 0 Å².